The molecule has 1 unspecified atom stereocenters. The lowest BCUT2D eigenvalue weighted by Gasteiger charge is -2.33. The first kappa shape index (κ1) is 14.4. The highest BCUT2D eigenvalue weighted by molar-refractivity contribution is 5.37. The van der Waals surface area contributed by atoms with Crippen LogP contribution in [0.3, 0.4) is 0 Å². The Kier molecular flexibility index (Phi) is 5.23. The second-order valence-electron chi connectivity index (χ2n) is 5.60. The second kappa shape index (κ2) is 6.92. The molecule has 3 heteroatoms. The van der Waals surface area contributed by atoms with Crippen molar-refractivity contribution in [3.05, 3.63) is 29.8 Å². The average molecular weight is 262 g/mol. The Balaban J connectivity index is 2.05. The molecule has 0 saturated heterocycles. The van der Waals surface area contributed by atoms with E-state index in [2.05, 4.69) is 43.0 Å². The van der Waals surface area contributed by atoms with Crippen molar-refractivity contribution >= 4 is 0 Å². The molecule has 19 heavy (non-hydrogen) atoms. The first-order valence-electron chi connectivity index (χ1n) is 7.38. The molecule has 0 bridgehead atoms. The lowest BCUT2D eigenvalue weighted by atomic mass is 9.92. The molecule has 1 aromatic carbocycles. The van der Waals surface area contributed by atoms with E-state index in [-0.39, 0.29) is 0 Å². The molecule has 0 spiro atoms. The van der Waals surface area contributed by atoms with Gasteiger partial charge < -0.3 is 15.4 Å². The van der Waals surface area contributed by atoms with Crippen LogP contribution in [0.4, 0.5) is 0 Å². The molecule has 1 aliphatic heterocycles. The number of hydrogen-bond acceptors (Lipinski definition) is 3. The van der Waals surface area contributed by atoms with Crippen molar-refractivity contribution in [1.29, 1.82) is 0 Å². The summed E-state index contributed by atoms with van der Waals surface area (Å²) in [7, 11) is 0. The van der Waals surface area contributed by atoms with Crippen LogP contribution >= 0.6 is 0 Å². The van der Waals surface area contributed by atoms with Crippen LogP contribution in [-0.4, -0.2) is 37.2 Å². The summed E-state index contributed by atoms with van der Waals surface area (Å²) in [5.74, 6) is 1.66. The van der Waals surface area contributed by atoms with Gasteiger partial charge in [0.15, 0.2) is 0 Å². The minimum absolute atomic E-state index is 0.571. The van der Waals surface area contributed by atoms with Gasteiger partial charge in [0.2, 0.25) is 0 Å². The third-order valence-corrected chi connectivity index (χ3v) is 3.92. The Morgan fingerprint density at radius 1 is 1.37 bits per heavy atom. The maximum absolute atomic E-state index is 5.74. The van der Waals surface area contributed by atoms with Crippen LogP contribution in [0, 0.1) is 0 Å². The third-order valence-electron chi connectivity index (χ3n) is 3.92. The van der Waals surface area contributed by atoms with Gasteiger partial charge in [0.1, 0.15) is 5.75 Å². The van der Waals surface area contributed by atoms with Crippen molar-refractivity contribution < 1.29 is 4.74 Å². The van der Waals surface area contributed by atoms with Gasteiger partial charge in [0.25, 0.3) is 0 Å². The monoisotopic (exact) mass is 262 g/mol. The maximum atomic E-state index is 5.74. The molecule has 0 radical (unpaired) electrons. The standard InChI is InChI=1S/C16H26N2O/c1-13(2)18(10-5-9-17)12-14-8-11-19-16-7-4-3-6-15(14)16/h3-4,6-7,13-14H,5,8-12,17H2,1-2H3. The van der Waals surface area contributed by atoms with Gasteiger partial charge in [0, 0.05) is 18.5 Å². The van der Waals surface area contributed by atoms with Crippen molar-refractivity contribution in [2.75, 3.05) is 26.2 Å². The highest BCUT2D eigenvalue weighted by atomic mass is 16.5. The summed E-state index contributed by atoms with van der Waals surface area (Å²) >= 11 is 0. The molecule has 0 aromatic heterocycles. The van der Waals surface area contributed by atoms with Crippen LogP contribution in [0.25, 0.3) is 0 Å². The van der Waals surface area contributed by atoms with Crippen molar-refractivity contribution in [2.24, 2.45) is 5.73 Å². The summed E-state index contributed by atoms with van der Waals surface area (Å²) in [6, 6.07) is 9.03. The largest absolute Gasteiger partial charge is 0.493 e. The lowest BCUT2D eigenvalue weighted by Crippen LogP contribution is -2.37. The summed E-state index contributed by atoms with van der Waals surface area (Å²) in [5.41, 5.74) is 7.01. The molecule has 1 heterocycles. The van der Waals surface area contributed by atoms with Gasteiger partial charge in [-0.25, -0.2) is 0 Å². The number of nitrogens with zero attached hydrogens (tertiary/aromatic N) is 1. The fraction of sp³-hybridized carbons (Fsp3) is 0.625. The number of fused-ring (bicyclic) bond motifs is 1. The number of benzene rings is 1. The first-order valence-corrected chi connectivity index (χ1v) is 7.38. The van der Waals surface area contributed by atoms with Gasteiger partial charge in [-0.05, 0) is 51.4 Å². The van der Waals surface area contributed by atoms with Crippen LogP contribution in [-0.2, 0) is 0 Å². The summed E-state index contributed by atoms with van der Waals surface area (Å²) in [6.45, 7) is 8.34. The first-order chi connectivity index (χ1) is 9.22. The zero-order valence-corrected chi connectivity index (χ0v) is 12.1. The van der Waals surface area contributed by atoms with Crippen LogP contribution < -0.4 is 10.5 Å². The smallest absolute Gasteiger partial charge is 0.122 e. The quantitative estimate of drug-likeness (QED) is 0.856. The van der Waals surface area contributed by atoms with E-state index in [1.165, 1.54) is 5.56 Å². The number of para-hydroxylation sites is 1. The van der Waals surface area contributed by atoms with Gasteiger partial charge >= 0.3 is 0 Å². The zero-order chi connectivity index (χ0) is 13.7. The van der Waals surface area contributed by atoms with Gasteiger partial charge in [-0.1, -0.05) is 18.2 Å². The molecule has 2 N–H and O–H groups in total. The molecular weight excluding hydrogens is 236 g/mol. The molecule has 1 atom stereocenters. The highest BCUT2D eigenvalue weighted by Crippen LogP contribution is 2.34. The second-order valence-corrected chi connectivity index (χ2v) is 5.60. The minimum atomic E-state index is 0.571. The van der Waals surface area contributed by atoms with Gasteiger partial charge in [-0.2, -0.15) is 0 Å². The van der Waals surface area contributed by atoms with Crippen LogP contribution in [0.1, 0.15) is 38.2 Å². The molecule has 2 rings (SSSR count). The molecule has 0 fully saturated rings. The molecule has 1 aromatic rings. The van der Waals surface area contributed by atoms with E-state index in [0.29, 0.717) is 12.0 Å². The van der Waals surface area contributed by atoms with Crippen molar-refractivity contribution in [1.82, 2.24) is 4.90 Å². The van der Waals surface area contributed by atoms with Crippen molar-refractivity contribution in [3.63, 3.8) is 0 Å². The van der Waals surface area contributed by atoms with E-state index in [1.807, 2.05) is 0 Å². The van der Waals surface area contributed by atoms with E-state index in [0.717, 1.165) is 44.8 Å². The maximum Gasteiger partial charge on any atom is 0.122 e. The van der Waals surface area contributed by atoms with E-state index >= 15 is 0 Å². The van der Waals surface area contributed by atoms with E-state index < -0.39 is 0 Å². The fourth-order valence-electron chi connectivity index (χ4n) is 2.74. The van der Waals surface area contributed by atoms with Crippen molar-refractivity contribution in [2.45, 2.75) is 38.6 Å². The van der Waals surface area contributed by atoms with Crippen LogP contribution in [0.5, 0.6) is 5.75 Å². The Hall–Kier alpha value is -1.06. The molecule has 0 amide bonds. The minimum Gasteiger partial charge on any atom is -0.493 e. The summed E-state index contributed by atoms with van der Waals surface area (Å²) in [5, 5.41) is 0. The molecule has 0 aliphatic carbocycles. The fourth-order valence-corrected chi connectivity index (χ4v) is 2.74. The number of hydrogen-bond donors (Lipinski definition) is 1. The molecular formula is C16H26N2O. The number of rotatable bonds is 6. The Labute approximate surface area is 116 Å². The van der Waals surface area contributed by atoms with Gasteiger partial charge in [-0.3, -0.25) is 0 Å². The average Bonchev–Trinajstić information content (AvgIpc) is 2.43. The Morgan fingerprint density at radius 3 is 2.89 bits per heavy atom. The number of ether oxygens (including phenoxy) is 1. The predicted molar refractivity (Wildman–Crippen MR) is 79.7 cm³/mol. The highest BCUT2D eigenvalue weighted by Gasteiger charge is 2.24. The molecule has 3 nitrogen and oxygen atoms in total. The van der Waals surface area contributed by atoms with Gasteiger partial charge in [0.05, 0.1) is 6.61 Å². The Morgan fingerprint density at radius 2 is 2.16 bits per heavy atom. The lowest BCUT2D eigenvalue weighted by molar-refractivity contribution is 0.180. The molecule has 0 saturated carbocycles. The normalized spacial score (nSPS) is 18.5. The zero-order valence-electron chi connectivity index (χ0n) is 12.1. The number of nitrogens with two attached hydrogens (primary N) is 1. The van der Waals surface area contributed by atoms with E-state index in [9.17, 15) is 0 Å². The van der Waals surface area contributed by atoms with Gasteiger partial charge in [-0.15, -0.1) is 0 Å². The van der Waals surface area contributed by atoms with Crippen LogP contribution in [0.2, 0.25) is 0 Å². The topological polar surface area (TPSA) is 38.5 Å². The molecule has 106 valence electrons. The summed E-state index contributed by atoms with van der Waals surface area (Å²) in [6.07, 6.45) is 2.19. The summed E-state index contributed by atoms with van der Waals surface area (Å²) < 4.78 is 5.74. The summed E-state index contributed by atoms with van der Waals surface area (Å²) in [4.78, 5) is 2.54. The predicted octanol–water partition coefficient (Wildman–Crippen LogP) is 2.61. The van der Waals surface area contributed by atoms with Crippen LogP contribution in [0.15, 0.2) is 24.3 Å². The van der Waals surface area contributed by atoms with Crippen molar-refractivity contribution in [3.8, 4) is 5.75 Å². The third kappa shape index (κ3) is 3.71. The van der Waals surface area contributed by atoms with E-state index in [4.69, 9.17) is 10.5 Å². The van der Waals surface area contributed by atoms with E-state index in [1.54, 1.807) is 0 Å². The Bertz CT molecular complexity index is 392. The molecule has 1 aliphatic rings. The SMILES string of the molecule is CC(C)N(CCCN)CC1CCOc2ccccc21.